The van der Waals surface area contributed by atoms with Gasteiger partial charge in [0.05, 0.1) is 6.20 Å². The molecule has 0 aromatic carbocycles. The van der Waals surface area contributed by atoms with E-state index in [2.05, 4.69) is 20.3 Å². The van der Waals surface area contributed by atoms with Gasteiger partial charge < -0.3 is 9.73 Å². The zero-order valence-corrected chi connectivity index (χ0v) is 13.9. The zero-order valence-electron chi connectivity index (χ0n) is 12.3. The van der Waals surface area contributed by atoms with Crippen molar-refractivity contribution in [1.29, 1.82) is 0 Å². The summed E-state index contributed by atoms with van der Waals surface area (Å²) in [4.78, 5) is 13.1. The summed E-state index contributed by atoms with van der Waals surface area (Å²) in [6, 6.07) is 11.0. The second kappa shape index (κ2) is 6.43. The van der Waals surface area contributed by atoms with Gasteiger partial charge in [0.15, 0.2) is 5.76 Å². The quantitative estimate of drug-likeness (QED) is 0.541. The lowest BCUT2D eigenvalue weighted by Crippen LogP contribution is -1.96. The van der Waals surface area contributed by atoms with E-state index in [9.17, 15) is 0 Å². The van der Waals surface area contributed by atoms with Crippen molar-refractivity contribution in [3.05, 3.63) is 64.6 Å². The van der Waals surface area contributed by atoms with Gasteiger partial charge in [0.1, 0.15) is 17.3 Å². The van der Waals surface area contributed by atoms with Crippen LogP contribution in [-0.2, 0) is 0 Å². The van der Waals surface area contributed by atoms with Gasteiger partial charge in [-0.1, -0.05) is 17.7 Å². The van der Waals surface area contributed by atoms with Gasteiger partial charge in [-0.2, -0.15) is 11.3 Å². The number of pyridine rings is 2. The molecule has 0 unspecified atom stereocenters. The Morgan fingerprint density at radius 2 is 2.04 bits per heavy atom. The highest BCUT2D eigenvalue weighted by molar-refractivity contribution is 7.08. The molecular weight excluding hydrogens is 344 g/mol. The summed E-state index contributed by atoms with van der Waals surface area (Å²) in [5.41, 5.74) is 1.65. The van der Waals surface area contributed by atoms with Gasteiger partial charge in [-0.25, -0.2) is 15.0 Å². The highest BCUT2D eigenvalue weighted by Gasteiger charge is 2.10. The Balaban J connectivity index is 1.61. The third-order valence-electron chi connectivity index (χ3n) is 3.25. The third kappa shape index (κ3) is 3.15. The minimum absolute atomic E-state index is 0.586. The predicted molar refractivity (Wildman–Crippen MR) is 95.6 cm³/mol. The smallest absolute Gasteiger partial charge is 0.227 e. The molecule has 4 heterocycles. The van der Waals surface area contributed by atoms with Crippen LogP contribution in [-0.4, -0.2) is 15.0 Å². The highest BCUT2D eigenvalue weighted by atomic mass is 35.5. The average molecular weight is 355 g/mol. The standard InChI is InChI=1S/C17H11ClN4OS/c18-12-4-6-19-16(8-12)22-15-3-1-2-13(21-15)14-9-20-17(23-14)11-5-7-24-10-11/h1-10H,(H,19,21,22). The summed E-state index contributed by atoms with van der Waals surface area (Å²) in [6.45, 7) is 0. The molecule has 0 amide bonds. The van der Waals surface area contributed by atoms with E-state index in [1.165, 1.54) is 0 Å². The van der Waals surface area contributed by atoms with Crippen LogP contribution in [0.4, 0.5) is 11.6 Å². The molecule has 0 fully saturated rings. The second-order valence-electron chi connectivity index (χ2n) is 4.93. The maximum atomic E-state index is 5.97. The van der Waals surface area contributed by atoms with Crippen molar-refractivity contribution >= 4 is 34.6 Å². The summed E-state index contributed by atoms with van der Waals surface area (Å²) in [6.07, 6.45) is 3.31. The number of nitrogens with one attached hydrogen (secondary N) is 1. The fourth-order valence-corrected chi connectivity index (χ4v) is 2.95. The first-order valence-corrected chi connectivity index (χ1v) is 8.44. The Morgan fingerprint density at radius 3 is 2.88 bits per heavy atom. The van der Waals surface area contributed by atoms with E-state index in [1.807, 2.05) is 35.0 Å². The molecule has 0 bridgehead atoms. The first kappa shape index (κ1) is 14.9. The molecule has 0 aliphatic rings. The van der Waals surface area contributed by atoms with Crippen LogP contribution in [0, 0.1) is 0 Å². The molecule has 0 spiro atoms. The average Bonchev–Trinajstić information content (AvgIpc) is 3.27. The largest absolute Gasteiger partial charge is 0.434 e. The predicted octanol–water partition coefficient (Wildman–Crippen LogP) is 5.26. The molecule has 4 aromatic rings. The van der Waals surface area contributed by atoms with Crippen molar-refractivity contribution < 1.29 is 4.42 Å². The Hall–Kier alpha value is -2.70. The number of halogens is 1. The van der Waals surface area contributed by atoms with Crippen molar-refractivity contribution in [1.82, 2.24) is 15.0 Å². The van der Waals surface area contributed by atoms with E-state index < -0.39 is 0 Å². The molecule has 0 radical (unpaired) electrons. The maximum Gasteiger partial charge on any atom is 0.227 e. The van der Waals surface area contributed by atoms with Gasteiger partial charge in [0.25, 0.3) is 0 Å². The number of oxazole rings is 1. The number of nitrogens with zero attached hydrogens (tertiary/aromatic N) is 3. The van der Waals surface area contributed by atoms with Crippen LogP contribution in [0.1, 0.15) is 0 Å². The van der Waals surface area contributed by atoms with Crippen LogP contribution in [0.5, 0.6) is 0 Å². The molecule has 0 saturated carbocycles. The summed E-state index contributed by atoms with van der Waals surface area (Å²) < 4.78 is 5.81. The SMILES string of the molecule is Clc1ccnc(Nc2cccc(-c3cnc(-c4ccsc4)o3)n2)c1. The number of rotatable bonds is 4. The molecule has 4 aromatic heterocycles. The van der Waals surface area contributed by atoms with Crippen LogP contribution in [0.2, 0.25) is 5.02 Å². The van der Waals surface area contributed by atoms with Crippen molar-refractivity contribution in [2.75, 3.05) is 5.32 Å². The lowest BCUT2D eigenvalue weighted by atomic mass is 10.3. The molecule has 4 rings (SSSR count). The monoisotopic (exact) mass is 354 g/mol. The van der Waals surface area contributed by atoms with Crippen LogP contribution < -0.4 is 5.32 Å². The van der Waals surface area contributed by atoms with E-state index >= 15 is 0 Å². The fourth-order valence-electron chi connectivity index (χ4n) is 2.16. The van der Waals surface area contributed by atoms with Crippen LogP contribution in [0.15, 0.2) is 64.0 Å². The topological polar surface area (TPSA) is 63.8 Å². The Labute approximate surface area is 147 Å². The summed E-state index contributed by atoms with van der Waals surface area (Å²) in [5.74, 6) is 2.47. The van der Waals surface area contributed by atoms with Gasteiger partial charge in [-0.15, -0.1) is 0 Å². The molecule has 1 N–H and O–H groups in total. The van der Waals surface area contributed by atoms with Crippen molar-refractivity contribution in [2.24, 2.45) is 0 Å². The Kier molecular flexibility index (Phi) is 3.98. The minimum Gasteiger partial charge on any atom is -0.434 e. The Morgan fingerprint density at radius 1 is 1.08 bits per heavy atom. The fraction of sp³-hybridized carbons (Fsp3) is 0. The molecule has 0 aliphatic heterocycles. The van der Waals surface area contributed by atoms with Crippen molar-refractivity contribution in [2.45, 2.75) is 0 Å². The number of anilines is 2. The highest BCUT2D eigenvalue weighted by Crippen LogP contribution is 2.27. The molecule has 0 atom stereocenters. The van der Waals surface area contributed by atoms with Crippen molar-refractivity contribution in [3.63, 3.8) is 0 Å². The van der Waals surface area contributed by atoms with Gasteiger partial charge in [0.2, 0.25) is 5.89 Å². The maximum absolute atomic E-state index is 5.97. The molecule has 5 nitrogen and oxygen atoms in total. The molecule has 7 heteroatoms. The summed E-state index contributed by atoms with van der Waals surface area (Å²) >= 11 is 7.57. The molecule has 24 heavy (non-hydrogen) atoms. The first-order chi connectivity index (χ1) is 11.8. The van der Waals surface area contributed by atoms with Crippen molar-refractivity contribution in [3.8, 4) is 22.9 Å². The summed E-state index contributed by atoms with van der Waals surface area (Å²) in [5, 5.41) is 7.71. The summed E-state index contributed by atoms with van der Waals surface area (Å²) in [7, 11) is 0. The van der Waals surface area contributed by atoms with E-state index in [1.54, 1.807) is 35.9 Å². The van der Waals surface area contributed by atoms with E-state index in [0.717, 1.165) is 5.56 Å². The normalized spacial score (nSPS) is 10.7. The second-order valence-corrected chi connectivity index (χ2v) is 6.15. The Bertz CT molecular complexity index is 968. The molecular formula is C17H11ClN4OS. The van der Waals surface area contributed by atoms with Crippen LogP contribution >= 0.6 is 22.9 Å². The third-order valence-corrected chi connectivity index (χ3v) is 4.17. The van der Waals surface area contributed by atoms with Crippen LogP contribution in [0.25, 0.3) is 22.9 Å². The number of aromatic nitrogens is 3. The van der Waals surface area contributed by atoms with Gasteiger partial charge in [-0.05, 0) is 35.7 Å². The molecule has 0 aliphatic carbocycles. The first-order valence-electron chi connectivity index (χ1n) is 7.12. The van der Waals surface area contributed by atoms with E-state index in [-0.39, 0.29) is 0 Å². The lowest BCUT2D eigenvalue weighted by molar-refractivity contribution is 0.587. The van der Waals surface area contributed by atoms with Gasteiger partial charge in [-0.3, -0.25) is 0 Å². The van der Waals surface area contributed by atoms with Gasteiger partial charge >= 0.3 is 0 Å². The molecule has 118 valence electrons. The minimum atomic E-state index is 0.586. The molecule has 0 saturated heterocycles. The lowest BCUT2D eigenvalue weighted by Gasteiger charge is -2.05. The number of hydrogen-bond donors (Lipinski definition) is 1. The van der Waals surface area contributed by atoms with Crippen LogP contribution in [0.3, 0.4) is 0 Å². The van der Waals surface area contributed by atoms with E-state index in [0.29, 0.717) is 34.0 Å². The van der Waals surface area contributed by atoms with E-state index in [4.69, 9.17) is 16.0 Å². The van der Waals surface area contributed by atoms with Gasteiger partial charge in [0, 0.05) is 22.2 Å². The number of hydrogen-bond acceptors (Lipinski definition) is 6. The number of thiophene rings is 1. The zero-order chi connectivity index (χ0) is 16.4.